The maximum Gasteiger partial charge on any atom is 0.214 e. The van der Waals surface area contributed by atoms with Gasteiger partial charge < -0.3 is 10.2 Å². The quantitative estimate of drug-likeness (QED) is 0.830. The third kappa shape index (κ3) is 3.40. The smallest absolute Gasteiger partial charge is 0.214 e. The Balaban J connectivity index is 2.23. The first-order valence-corrected chi connectivity index (χ1v) is 6.75. The Bertz CT molecular complexity index is 625. The van der Waals surface area contributed by atoms with Crippen LogP contribution >= 0.6 is 35.4 Å². The van der Waals surface area contributed by atoms with Gasteiger partial charge in [0, 0.05) is 10.6 Å². The Kier molecular flexibility index (Phi) is 4.68. The molecule has 8 heteroatoms. The molecule has 1 aromatic heterocycles. The van der Waals surface area contributed by atoms with E-state index in [4.69, 9.17) is 40.2 Å². The number of H-pyrrole nitrogens is 1. The summed E-state index contributed by atoms with van der Waals surface area (Å²) in [6.07, 6.45) is 1.55. The van der Waals surface area contributed by atoms with Gasteiger partial charge in [-0.25, -0.2) is 4.68 Å². The summed E-state index contributed by atoms with van der Waals surface area (Å²) in [7, 11) is 0. The summed E-state index contributed by atoms with van der Waals surface area (Å²) < 4.78 is 7.61. The number of rotatable bonds is 5. The molecule has 2 rings (SSSR count). The molecule has 1 aromatic carbocycles. The van der Waals surface area contributed by atoms with Crippen LogP contribution in [0.1, 0.15) is 12.5 Å². The summed E-state index contributed by atoms with van der Waals surface area (Å²) in [5, 5.41) is 7.51. The van der Waals surface area contributed by atoms with Crippen molar-refractivity contribution in [3.05, 3.63) is 38.8 Å². The Morgan fingerprint density at radius 2 is 2.26 bits per heavy atom. The summed E-state index contributed by atoms with van der Waals surface area (Å²) in [6.45, 7) is 2.89. The number of ether oxygens (including phenoxy) is 1. The molecule has 19 heavy (non-hydrogen) atoms. The van der Waals surface area contributed by atoms with Crippen molar-refractivity contribution in [2.75, 3.05) is 12.0 Å². The summed E-state index contributed by atoms with van der Waals surface area (Å²) in [5.41, 5.74) is 3.93. The lowest BCUT2D eigenvalue weighted by Crippen LogP contribution is -2.14. The minimum Gasteiger partial charge on any atom is -0.492 e. The maximum atomic E-state index is 6.12. The zero-order valence-electron chi connectivity index (χ0n) is 10.1. The molecular weight excluding hydrogens is 307 g/mol. The third-order valence-electron chi connectivity index (χ3n) is 2.37. The molecule has 0 spiro atoms. The second kappa shape index (κ2) is 6.27. The van der Waals surface area contributed by atoms with Gasteiger partial charge in [0.25, 0.3) is 0 Å². The zero-order chi connectivity index (χ0) is 13.8. The highest BCUT2D eigenvalue weighted by Gasteiger charge is 2.10. The van der Waals surface area contributed by atoms with Crippen molar-refractivity contribution in [3.63, 3.8) is 0 Å². The highest BCUT2D eigenvalue weighted by molar-refractivity contribution is 7.71. The first-order chi connectivity index (χ1) is 9.11. The van der Waals surface area contributed by atoms with E-state index in [9.17, 15) is 0 Å². The van der Waals surface area contributed by atoms with E-state index in [2.05, 4.69) is 15.6 Å². The van der Waals surface area contributed by atoms with Gasteiger partial charge >= 0.3 is 0 Å². The van der Waals surface area contributed by atoms with E-state index >= 15 is 0 Å². The number of hydrogen-bond acceptors (Lipinski definition) is 4. The van der Waals surface area contributed by atoms with E-state index in [0.29, 0.717) is 33.7 Å². The van der Waals surface area contributed by atoms with Gasteiger partial charge in [-0.15, -0.1) is 0 Å². The average molecular weight is 319 g/mol. The summed E-state index contributed by atoms with van der Waals surface area (Å²) in [6, 6.07) is 3.45. The molecule has 2 aromatic rings. The first kappa shape index (κ1) is 14.2. The molecule has 5 nitrogen and oxygen atoms in total. The van der Waals surface area contributed by atoms with Gasteiger partial charge in [-0.1, -0.05) is 23.2 Å². The molecule has 102 valence electrons. The van der Waals surface area contributed by atoms with Gasteiger partial charge in [0.2, 0.25) is 4.77 Å². The van der Waals surface area contributed by atoms with Crippen LogP contribution in [0.3, 0.4) is 0 Å². The molecule has 0 atom stereocenters. The minimum absolute atomic E-state index is 0.462. The number of aromatic nitrogens is 3. The largest absolute Gasteiger partial charge is 0.492 e. The lowest BCUT2D eigenvalue weighted by Gasteiger charge is -2.14. The van der Waals surface area contributed by atoms with Crippen molar-refractivity contribution >= 4 is 35.4 Å². The zero-order valence-corrected chi connectivity index (χ0v) is 12.4. The van der Waals surface area contributed by atoms with Crippen LogP contribution in [-0.4, -0.2) is 21.5 Å². The Morgan fingerprint density at radius 3 is 2.89 bits per heavy atom. The predicted molar refractivity (Wildman–Crippen MR) is 78.1 cm³/mol. The second-order valence-corrected chi connectivity index (χ2v) is 4.91. The fourth-order valence-electron chi connectivity index (χ4n) is 1.58. The number of nitrogens with zero attached hydrogens (tertiary/aromatic N) is 2. The van der Waals surface area contributed by atoms with E-state index in [-0.39, 0.29) is 0 Å². The maximum absolute atomic E-state index is 6.12. The van der Waals surface area contributed by atoms with Gasteiger partial charge in [0.1, 0.15) is 12.1 Å². The molecule has 0 radical (unpaired) electrons. The molecule has 0 fully saturated rings. The van der Waals surface area contributed by atoms with Crippen LogP contribution in [0.5, 0.6) is 5.75 Å². The van der Waals surface area contributed by atoms with Gasteiger partial charge in [-0.3, -0.25) is 5.10 Å². The highest BCUT2D eigenvalue weighted by atomic mass is 35.5. The number of nitrogens with one attached hydrogen (secondary N) is 2. The Labute approximate surface area is 125 Å². The van der Waals surface area contributed by atoms with Crippen molar-refractivity contribution < 1.29 is 4.74 Å². The number of hydrogen-bond donors (Lipinski definition) is 2. The normalized spacial score (nSPS) is 10.5. The summed E-state index contributed by atoms with van der Waals surface area (Å²) >= 11 is 17.2. The van der Waals surface area contributed by atoms with Crippen molar-refractivity contribution in [2.24, 2.45) is 0 Å². The van der Waals surface area contributed by atoms with E-state index in [1.54, 1.807) is 23.1 Å². The summed E-state index contributed by atoms with van der Waals surface area (Å²) in [5.74, 6) is 0.621. The van der Waals surface area contributed by atoms with Gasteiger partial charge in [0.05, 0.1) is 18.2 Å². The lowest BCUT2D eigenvalue weighted by molar-refractivity contribution is 0.337. The van der Waals surface area contributed by atoms with Crippen molar-refractivity contribution in [1.82, 2.24) is 14.9 Å². The molecule has 0 unspecified atom stereocenters. The van der Waals surface area contributed by atoms with Crippen molar-refractivity contribution in [1.29, 1.82) is 0 Å². The molecule has 0 aliphatic carbocycles. The first-order valence-electron chi connectivity index (χ1n) is 5.58. The fraction of sp³-hybridized carbons (Fsp3) is 0.273. The van der Waals surface area contributed by atoms with Crippen LogP contribution in [0.15, 0.2) is 18.5 Å². The summed E-state index contributed by atoms with van der Waals surface area (Å²) in [4.78, 5) is 0. The van der Waals surface area contributed by atoms with Gasteiger partial charge in [-0.05, 0) is 31.3 Å². The number of aromatic amines is 1. The van der Waals surface area contributed by atoms with Crippen LogP contribution in [0.4, 0.5) is 0 Å². The second-order valence-electron chi connectivity index (χ2n) is 3.68. The van der Waals surface area contributed by atoms with Crippen LogP contribution in [0.2, 0.25) is 10.0 Å². The van der Waals surface area contributed by atoms with Crippen molar-refractivity contribution in [2.45, 2.75) is 13.5 Å². The van der Waals surface area contributed by atoms with Gasteiger partial charge in [0.15, 0.2) is 0 Å². The topological polar surface area (TPSA) is 54.9 Å². The standard InChI is InChI=1S/C11H12Cl2N4OS/c1-2-18-10-7(3-8(12)4-9(10)13)5-15-17-6-14-16-11(17)19/h3-4,6,15H,2,5H2,1H3,(H,16,19). The van der Waals surface area contributed by atoms with Crippen LogP contribution in [0, 0.1) is 4.77 Å². The van der Waals surface area contributed by atoms with E-state index in [1.165, 1.54) is 0 Å². The highest BCUT2D eigenvalue weighted by Crippen LogP contribution is 2.32. The van der Waals surface area contributed by atoms with Crippen molar-refractivity contribution in [3.8, 4) is 5.75 Å². The number of halogens is 2. The Morgan fingerprint density at radius 1 is 1.47 bits per heavy atom. The minimum atomic E-state index is 0.462. The average Bonchev–Trinajstić information content (AvgIpc) is 2.76. The lowest BCUT2D eigenvalue weighted by atomic mass is 10.2. The molecule has 0 aliphatic rings. The van der Waals surface area contributed by atoms with Crippen LogP contribution in [-0.2, 0) is 6.54 Å². The SMILES string of the molecule is CCOc1c(Cl)cc(Cl)cc1CNn1cn[nH]c1=S. The molecular formula is C11H12Cl2N4OS. The monoisotopic (exact) mass is 318 g/mol. The molecule has 2 N–H and O–H groups in total. The fourth-order valence-corrected chi connectivity index (χ4v) is 2.34. The van der Waals surface area contributed by atoms with E-state index < -0.39 is 0 Å². The van der Waals surface area contributed by atoms with E-state index in [0.717, 1.165) is 5.56 Å². The molecule has 0 saturated carbocycles. The van der Waals surface area contributed by atoms with Gasteiger partial charge in [-0.2, -0.15) is 5.10 Å². The molecule has 0 aliphatic heterocycles. The molecule has 0 bridgehead atoms. The van der Waals surface area contributed by atoms with E-state index in [1.807, 2.05) is 6.92 Å². The molecule has 1 heterocycles. The van der Waals surface area contributed by atoms with Crippen LogP contribution in [0.25, 0.3) is 0 Å². The van der Waals surface area contributed by atoms with Crippen LogP contribution < -0.4 is 10.2 Å². The third-order valence-corrected chi connectivity index (χ3v) is 3.15. The predicted octanol–water partition coefficient (Wildman–Crippen LogP) is 3.39. The molecule has 0 amide bonds. The Hall–Kier alpha value is -1.24. The molecule has 0 saturated heterocycles. The number of benzene rings is 1.